The number of esters is 1. The zero-order valence-electron chi connectivity index (χ0n) is 12.8. The Morgan fingerprint density at radius 2 is 1.61 bits per heavy atom. The smallest absolute Gasteiger partial charge is 0.323 e. The lowest BCUT2D eigenvalue weighted by molar-refractivity contribution is -0.143. The molecule has 1 heterocycles. The third-order valence-electron chi connectivity index (χ3n) is 3.89. The molecule has 2 atom stereocenters. The van der Waals surface area contributed by atoms with E-state index in [1.165, 1.54) is 0 Å². The molecule has 1 unspecified atom stereocenters. The molecule has 2 aromatic carbocycles. The Morgan fingerprint density at radius 3 is 2.26 bits per heavy atom. The quantitative estimate of drug-likeness (QED) is 0.495. The van der Waals surface area contributed by atoms with Crippen LogP contribution in [0, 0.1) is 5.92 Å². The van der Waals surface area contributed by atoms with Crippen LogP contribution >= 0.6 is 0 Å². The second kappa shape index (κ2) is 6.57. The minimum atomic E-state index is -0.899. The highest BCUT2D eigenvalue weighted by Gasteiger charge is 2.45. The molecular weight excluding hydrogens is 290 g/mol. The van der Waals surface area contributed by atoms with Crippen molar-refractivity contribution in [3.63, 3.8) is 0 Å². The average molecular weight is 307 g/mol. The van der Waals surface area contributed by atoms with Crippen LogP contribution in [0.25, 0.3) is 0 Å². The molecule has 1 aliphatic heterocycles. The molecule has 2 aromatic rings. The van der Waals surface area contributed by atoms with Crippen LogP contribution < -0.4 is 0 Å². The maximum Gasteiger partial charge on any atom is 0.323 e. The first-order valence-corrected chi connectivity index (χ1v) is 7.51. The Balaban J connectivity index is 1.77. The lowest BCUT2D eigenvalue weighted by atomic mass is 9.95. The Hall–Kier alpha value is -2.75. The number of carbonyl (C=O) groups is 2. The van der Waals surface area contributed by atoms with Crippen molar-refractivity contribution >= 4 is 17.5 Å². The summed E-state index contributed by atoms with van der Waals surface area (Å²) in [6.07, 6.45) is -0.824. The number of benzene rings is 2. The number of nitrogens with zero attached hydrogens (tertiary/aromatic N) is 1. The maximum atomic E-state index is 12.5. The monoisotopic (exact) mass is 307 g/mol. The van der Waals surface area contributed by atoms with Gasteiger partial charge in [0.25, 0.3) is 0 Å². The number of hydrogen-bond acceptors (Lipinski definition) is 4. The fourth-order valence-corrected chi connectivity index (χ4v) is 2.64. The van der Waals surface area contributed by atoms with Crippen LogP contribution in [-0.2, 0) is 20.9 Å². The van der Waals surface area contributed by atoms with Gasteiger partial charge >= 0.3 is 5.97 Å². The van der Waals surface area contributed by atoms with Gasteiger partial charge in [-0.3, -0.25) is 14.6 Å². The van der Waals surface area contributed by atoms with Gasteiger partial charge in [-0.1, -0.05) is 60.7 Å². The van der Waals surface area contributed by atoms with E-state index in [2.05, 4.69) is 4.99 Å². The molecule has 0 aliphatic carbocycles. The number of hydrogen-bond donors (Lipinski definition) is 0. The number of cyclic esters (lactones) is 1. The van der Waals surface area contributed by atoms with Gasteiger partial charge in [-0.05, 0) is 12.5 Å². The summed E-state index contributed by atoms with van der Waals surface area (Å²) in [5.74, 6) is -1.66. The Bertz CT molecular complexity index is 738. The van der Waals surface area contributed by atoms with Crippen LogP contribution in [0.2, 0.25) is 0 Å². The first-order chi connectivity index (χ1) is 11.2. The van der Waals surface area contributed by atoms with E-state index >= 15 is 0 Å². The third-order valence-corrected chi connectivity index (χ3v) is 3.89. The summed E-state index contributed by atoms with van der Waals surface area (Å²) in [6.45, 7) is 2.15. The molecule has 0 aromatic heterocycles. The molecule has 0 spiro atoms. The van der Waals surface area contributed by atoms with Crippen molar-refractivity contribution in [2.24, 2.45) is 10.9 Å². The number of rotatable bonds is 4. The van der Waals surface area contributed by atoms with Crippen LogP contribution in [0.15, 0.2) is 65.7 Å². The molecule has 4 nitrogen and oxygen atoms in total. The number of ether oxygens (including phenoxy) is 1. The summed E-state index contributed by atoms with van der Waals surface area (Å²) < 4.78 is 5.28. The van der Waals surface area contributed by atoms with E-state index in [9.17, 15) is 9.59 Å². The third kappa shape index (κ3) is 3.21. The highest BCUT2D eigenvalue weighted by Crippen LogP contribution is 2.31. The van der Waals surface area contributed by atoms with Crippen molar-refractivity contribution in [1.82, 2.24) is 0 Å². The first-order valence-electron chi connectivity index (χ1n) is 7.51. The summed E-state index contributed by atoms with van der Waals surface area (Å²) in [7, 11) is 0. The number of carbonyl (C=O) groups excluding carboxylic acids is 2. The fraction of sp³-hybridized carbons (Fsp3) is 0.211. The standard InChI is InChI=1S/C19H17NO3/c1-13(20-12-14-8-4-2-5-9-14)16-17(21)18(23-19(16)22)15-10-6-3-7-11-15/h2-11,16,18H,12H2,1H3/t16?,18-/m1/s1. The van der Waals surface area contributed by atoms with Crippen LogP contribution in [0.5, 0.6) is 0 Å². The average Bonchev–Trinajstić information content (AvgIpc) is 2.89. The Kier molecular flexibility index (Phi) is 4.33. The van der Waals surface area contributed by atoms with Crippen LogP contribution in [0.4, 0.5) is 0 Å². The molecular formula is C19H17NO3. The Labute approximate surface area is 134 Å². The van der Waals surface area contributed by atoms with E-state index in [4.69, 9.17) is 4.74 Å². The minimum Gasteiger partial charge on any atom is -0.449 e. The zero-order chi connectivity index (χ0) is 16.2. The lowest BCUT2D eigenvalue weighted by Gasteiger charge is -2.07. The molecule has 4 heteroatoms. The second-order valence-electron chi connectivity index (χ2n) is 5.51. The molecule has 0 amide bonds. The molecule has 0 radical (unpaired) electrons. The summed E-state index contributed by atoms with van der Waals surface area (Å²) in [5, 5.41) is 0. The van der Waals surface area contributed by atoms with Crippen LogP contribution in [0.3, 0.4) is 0 Å². The lowest BCUT2D eigenvalue weighted by Crippen LogP contribution is -2.24. The highest BCUT2D eigenvalue weighted by atomic mass is 16.6. The van der Waals surface area contributed by atoms with Crippen molar-refractivity contribution in [1.29, 1.82) is 0 Å². The molecule has 1 saturated heterocycles. The maximum absolute atomic E-state index is 12.5. The molecule has 0 saturated carbocycles. The van der Waals surface area contributed by atoms with Crippen LogP contribution in [0.1, 0.15) is 24.2 Å². The van der Waals surface area contributed by atoms with Crippen molar-refractivity contribution in [3.8, 4) is 0 Å². The fourth-order valence-electron chi connectivity index (χ4n) is 2.64. The van der Waals surface area contributed by atoms with Gasteiger partial charge in [-0.25, -0.2) is 0 Å². The van der Waals surface area contributed by atoms with E-state index in [-0.39, 0.29) is 5.78 Å². The SMILES string of the molecule is CC(=NCc1ccccc1)C1C(=O)O[C@H](c2ccccc2)C1=O. The Morgan fingerprint density at radius 1 is 1.00 bits per heavy atom. The number of ketones is 1. The van der Waals surface area contributed by atoms with Crippen molar-refractivity contribution in [3.05, 3.63) is 71.8 Å². The van der Waals surface area contributed by atoms with E-state index in [1.54, 1.807) is 19.1 Å². The van der Waals surface area contributed by atoms with Gasteiger partial charge in [-0.15, -0.1) is 0 Å². The van der Waals surface area contributed by atoms with Gasteiger partial charge in [0.2, 0.25) is 0 Å². The van der Waals surface area contributed by atoms with Crippen molar-refractivity contribution in [2.75, 3.05) is 0 Å². The predicted molar refractivity (Wildman–Crippen MR) is 87.0 cm³/mol. The molecule has 1 fully saturated rings. The van der Waals surface area contributed by atoms with Gasteiger partial charge < -0.3 is 4.74 Å². The summed E-state index contributed by atoms with van der Waals surface area (Å²) in [4.78, 5) is 29.0. The normalized spacial score (nSPS) is 21.3. The van der Waals surface area contributed by atoms with E-state index < -0.39 is 18.0 Å². The van der Waals surface area contributed by atoms with E-state index in [1.807, 2.05) is 48.5 Å². The largest absolute Gasteiger partial charge is 0.449 e. The summed E-state index contributed by atoms with van der Waals surface area (Å²) in [6, 6.07) is 18.8. The van der Waals surface area contributed by atoms with Crippen LogP contribution in [-0.4, -0.2) is 17.5 Å². The zero-order valence-corrected chi connectivity index (χ0v) is 12.8. The number of Topliss-reactive ketones (excluding diaryl/α,β-unsaturated/α-hetero) is 1. The summed E-state index contributed by atoms with van der Waals surface area (Å²) >= 11 is 0. The number of aliphatic imine (C=N–C) groups is 1. The minimum absolute atomic E-state index is 0.240. The van der Waals surface area contributed by atoms with Crippen molar-refractivity contribution < 1.29 is 14.3 Å². The topological polar surface area (TPSA) is 55.7 Å². The second-order valence-corrected chi connectivity index (χ2v) is 5.51. The van der Waals surface area contributed by atoms with Gasteiger partial charge in [0.05, 0.1) is 6.54 Å². The van der Waals surface area contributed by atoms with Gasteiger partial charge in [-0.2, -0.15) is 0 Å². The molecule has 0 bridgehead atoms. The molecule has 3 rings (SSSR count). The first kappa shape index (κ1) is 15.2. The van der Waals surface area contributed by atoms with Gasteiger partial charge in [0.15, 0.2) is 17.8 Å². The summed E-state index contributed by atoms with van der Waals surface area (Å²) in [5.41, 5.74) is 2.23. The van der Waals surface area contributed by atoms with Gasteiger partial charge in [0, 0.05) is 11.3 Å². The van der Waals surface area contributed by atoms with E-state index in [0.29, 0.717) is 17.8 Å². The molecule has 1 aliphatic rings. The molecule has 116 valence electrons. The molecule has 23 heavy (non-hydrogen) atoms. The highest BCUT2D eigenvalue weighted by molar-refractivity contribution is 6.22. The van der Waals surface area contributed by atoms with Gasteiger partial charge in [0.1, 0.15) is 0 Å². The molecule has 0 N–H and O–H groups in total. The predicted octanol–water partition coefficient (Wildman–Crippen LogP) is 3.13. The van der Waals surface area contributed by atoms with Crippen molar-refractivity contribution in [2.45, 2.75) is 19.6 Å². The van der Waals surface area contributed by atoms with E-state index in [0.717, 1.165) is 5.56 Å².